The zero-order chi connectivity index (χ0) is 24.9. The van der Waals surface area contributed by atoms with Crippen molar-refractivity contribution < 1.29 is 24.2 Å². The van der Waals surface area contributed by atoms with E-state index in [9.17, 15) is 19.5 Å². The first-order valence-corrected chi connectivity index (χ1v) is 13.1. The quantitative estimate of drug-likeness (QED) is 0.518. The van der Waals surface area contributed by atoms with Crippen LogP contribution in [0.25, 0.3) is 0 Å². The topological polar surface area (TPSA) is 90.4 Å². The highest BCUT2D eigenvalue weighted by Gasteiger charge is 2.47. The number of ether oxygens (including phenoxy) is 1. The molecule has 3 atom stereocenters. The molecule has 0 spiro atoms. The lowest BCUT2D eigenvalue weighted by molar-refractivity contribution is -0.144. The van der Waals surface area contributed by atoms with E-state index in [0.717, 1.165) is 55.5 Å². The Bertz CT molecular complexity index is 935. The van der Waals surface area contributed by atoms with Crippen LogP contribution in [0.5, 0.6) is 5.75 Å². The second kappa shape index (κ2) is 11.4. The zero-order valence-electron chi connectivity index (χ0n) is 21.1. The van der Waals surface area contributed by atoms with Crippen molar-refractivity contribution in [2.24, 2.45) is 5.92 Å². The Hall–Kier alpha value is -2.61. The van der Waals surface area contributed by atoms with E-state index in [1.165, 1.54) is 0 Å². The summed E-state index contributed by atoms with van der Waals surface area (Å²) >= 11 is 0. The number of aliphatic carboxylic acids is 1. The molecule has 1 aromatic rings. The number of carboxylic acids is 1. The molecule has 0 bridgehead atoms. The van der Waals surface area contributed by atoms with Gasteiger partial charge in [0.15, 0.2) is 0 Å². The SMILES string of the molecule is CCCCN(C)C(=O)CN1CC(c2ccc3c(c2)CCO3)C(C(=O)O)C1CCCN1CCCC1=O. The van der Waals surface area contributed by atoms with E-state index in [4.69, 9.17) is 4.74 Å². The first-order chi connectivity index (χ1) is 16.9. The number of benzene rings is 1. The van der Waals surface area contributed by atoms with Gasteiger partial charge in [0.2, 0.25) is 11.8 Å². The van der Waals surface area contributed by atoms with Gasteiger partial charge in [-0.1, -0.05) is 25.5 Å². The summed E-state index contributed by atoms with van der Waals surface area (Å²) in [5.41, 5.74) is 2.14. The number of likely N-dealkylation sites (N-methyl/N-ethyl adjacent to an activating group) is 1. The molecule has 192 valence electrons. The number of hydrogen-bond acceptors (Lipinski definition) is 5. The maximum absolute atomic E-state index is 13.0. The van der Waals surface area contributed by atoms with Crippen LogP contribution >= 0.6 is 0 Å². The number of amides is 2. The van der Waals surface area contributed by atoms with Gasteiger partial charge in [-0.2, -0.15) is 0 Å². The van der Waals surface area contributed by atoms with Crippen molar-refractivity contribution in [1.29, 1.82) is 0 Å². The maximum Gasteiger partial charge on any atom is 0.308 e. The van der Waals surface area contributed by atoms with Crippen LogP contribution in [-0.2, 0) is 20.8 Å². The fourth-order valence-electron chi connectivity index (χ4n) is 5.87. The van der Waals surface area contributed by atoms with Gasteiger partial charge in [-0.3, -0.25) is 19.3 Å². The minimum atomic E-state index is -0.816. The number of hydrogen-bond donors (Lipinski definition) is 1. The second-order valence-corrected chi connectivity index (χ2v) is 10.2. The van der Waals surface area contributed by atoms with E-state index in [1.807, 2.05) is 24.1 Å². The molecule has 4 rings (SSSR count). The van der Waals surface area contributed by atoms with Gasteiger partial charge in [-0.25, -0.2) is 0 Å². The molecule has 8 heteroatoms. The van der Waals surface area contributed by atoms with Crippen molar-refractivity contribution >= 4 is 17.8 Å². The first-order valence-electron chi connectivity index (χ1n) is 13.1. The molecule has 35 heavy (non-hydrogen) atoms. The predicted molar refractivity (Wildman–Crippen MR) is 132 cm³/mol. The highest BCUT2D eigenvalue weighted by atomic mass is 16.5. The van der Waals surface area contributed by atoms with Crippen LogP contribution in [-0.4, -0.2) is 90.0 Å². The molecule has 3 heterocycles. The van der Waals surface area contributed by atoms with E-state index >= 15 is 0 Å². The molecule has 2 amide bonds. The van der Waals surface area contributed by atoms with Crippen LogP contribution in [0.3, 0.4) is 0 Å². The number of carbonyl (C=O) groups excluding carboxylic acids is 2. The lowest BCUT2D eigenvalue weighted by Crippen LogP contribution is -2.43. The lowest BCUT2D eigenvalue weighted by atomic mass is 9.83. The molecule has 1 aromatic carbocycles. The maximum atomic E-state index is 13.0. The Labute approximate surface area is 208 Å². The van der Waals surface area contributed by atoms with Crippen LogP contribution in [0.2, 0.25) is 0 Å². The Morgan fingerprint density at radius 1 is 1.23 bits per heavy atom. The Morgan fingerprint density at radius 3 is 2.77 bits per heavy atom. The third-order valence-electron chi connectivity index (χ3n) is 7.89. The van der Waals surface area contributed by atoms with Gasteiger partial charge >= 0.3 is 5.97 Å². The number of nitrogens with zero attached hydrogens (tertiary/aromatic N) is 3. The monoisotopic (exact) mass is 485 g/mol. The molecule has 2 saturated heterocycles. The summed E-state index contributed by atoms with van der Waals surface area (Å²) < 4.78 is 5.65. The molecule has 0 saturated carbocycles. The smallest absolute Gasteiger partial charge is 0.308 e. The molecule has 0 aliphatic carbocycles. The Kier molecular flexibility index (Phi) is 8.31. The standard InChI is InChI=1S/C27H39N3O5/c1-3-4-12-28(2)25(32)18-30-17-21(19-9-10-23-20(16-19)11-15-35-23)26(27(33)34)22(30)7-5-13-29-14-6-8-24(29)31/h9-10,16,21-22,26H,3-8,11-15,17-18H2,1-2H3,(H,33,34). The number of carboxylic acid groups (broad SMARTS) is 1. The van der Waals surface area contributed by atoms with Crippen molar-refractivity contribution in [3.8, 4) is 5.75 Å². The summed E-state index contributed by atoms with van der Waals surface area (Å²) in [6.07, 6.45) is 5.70. The molecule has 0 aromatic heterocycles. The average molecular weight is 486 g/mol. The van der Waals surface area contributed by atoms with Gasteiger partial charge in [0.1, 0.15) is 5.75 Å². The normalized spacial score (nSPS) is 24.0. The number of fused-ring (bicyclic) bond motifs is 1. The van der Waals surface area contributed by atoms with E-state index in [-0.39, 0.29) is 30.3 Å². The van der Waals surface area contributed by atoms with Crippen LogP contribution in [0, 0.1) is 5.92 Å². The summed E-state index contributed by atoms with van der Waals surface area (Å²) in [6, 6.07) is 5.80. The summed E-state index contributed by atoms with van der Waals surface area (Å²) in [4.78, 5) is 43.4. The highest BCUT2D eigenvalue weighted by molar-refractivity contribution is 5.79. The molecule has 0 radical (unpaired) electrons. The summed E-state index contributed by atoms with van der Waals surface area (Å²) in [5.74, 6) is -0.498. The number of carbonyl (C=O) groups is 3. The first kappa shape index (κ1) is 25.5. The molecular weight excluding hydrogens is 446 g/mol. The predicted octanol–water partition coefficient (Wildman–Crippen LogP) is 2.75. The minimum Gasteiger partial charge on any atom is -0.493 e. The summed E-state index contributed by atoms with van der Waals surface area (Å²) in [5, 5.41) is 10.3. The van der Waals surface area contributed by atoms with Gasteiger partial charge in [-0.15, -0.1) is 0 Å². The molecule has 8 nitrogen and oxygen atoms in total. The van der Waals surface area contributed by atoms with Crippen molar-refractivity contribution in [1.82, 2.24) is 14.7 Å². The average Bonchev–Trinajstić information content (AvgIpc) is 3.56. The van der Waals surface area contributed by atoms with Gasteiger partial charge in [-0.05, 0) is 42.9 Å². The molecule has 3 unspecified atom stereocenters. The minimum absolute atomic E-state index is 0.0327. The fourth-order valence-corrected chi connectivity index (χ4v) is 5.87. The molecular formula is C27H39N3O5. The van der Waals surface area contributed by atoms with Gasteiger partial charge in [0, 0.05) is 58.0 Å². The van der Waals surface area contributed by atoms with Crippen LogP contribution in [0.1, 0.15) is 62.5 Å². The lowest BCUT2D eigenvalue weighted by Gasteiger charge is -2.29. The molecule has 3 aliphatic rings. The Balaban J connectivity index is 1.53. The van der Waals surface area contributed by atoms with Crippen LogP contribution in [0.4, 0.5) is 0 Å². The van der Waals surface area contributed by atoms with Gasteiger partial charge < -0.3 is 19.6 Å². The second-order valence-electron chi connectivity index (χ2n) is 10.2. The third-order valence-corrected chi connectivity index (χ3v) is 7.89. The van der Waals surface area contributed by atoms with Crippen molar-refractivity contribution in [3.63, 3.8) is 0 Å². The van der Waals surface area contributed by atoms with Crippen LogP contribution in [0.15, 0.2) is 18.2 Å². The number of unbranched alkanes of at least 4 members (excludes halogenated alkanes) is 1. The van der Waals surface area contributed by atoms with E-state index in [1.54, 1.807) is 4.90 Å². The van der Waals surface area contributed by atoms with E-state index < -0.39 is 11.9 Å². The van der Waals surface area contributed by atoms with Gasteiger partial charge in [0.05, 0.1) is 19.1 Å². The molecule has 3 aliphatic heterocycles. The summed E-state index contributed by atoms with van der Waals surface area (Å²) in [6.45, 7) is 5.68. The molecule has 2 fully saturated rings. The fraction of sp³-hybridized carbons (Fsp3) is 0.667. The van der Waals surface area contributed by atoms with Crippen molar-refractivity contribution in [2.45, 2.75) is 63.8 Å². The zero-order valence-corrected chi connectivity index (χ0v) is 21.1. The van der Waals surface area contributed by atoms with E-state index in [0.29, 0.717) is 39.1 Å². The Morgan fingerprint density at radius 2 is 2.06 bits per heavy atom. The van der Waals surface area contributed by atoms with Crippen molar-refractivity contribution in [2.75, 3.05) is 46.4 Å². The summed E-state index contributed by atoms with van der Waals surface area (Å²) in [7, 11) is 1.83. The number of likely N-dealkylation sites (tertiary alicyclic amines) is 2. The largest absolute Gasteiger partial charge is 0.493 e. The third kappa shape index (κ3) is 5.80. The van der Waals surface area contributed by atoms with Crippen LogP contribution < -0.4 is 4.74 Å². The van der Waals surface area contributed by atoms with E-state index in [2.05, 4.69) is 17.9 Å². The highest BCUT2D eigenvalue weighted by Crippen LogP contribution is 2.41. The van der Waals surface area contributed by atoms with Gasteiger partial charge in [0.25, 0.3) is 0 Å². The molecule has 1 N–H and O–H groups in total. The number of rotatable bonds is 11. The van der Waals surface area contributed by atoms with Crippen molar-refractivity contribution in [3.05, 3.63) is 29.3 Å².